The van der Waals surface area contributed by atoms with E-state index in [1.54, 1.807) is 12.1 Å². The second kappa shape index (κ2) is 13.3. The van der Waals surface area contributed by atoms with Crippen LogP contribution >= 0.6 is 7.60 Å². The number of rotatable bonds is 14. The molecule has 2 aromatic carbocycles. The molecule has 0 fully saturated rings. The summed E-state index contributed by atoms with van der Waals surface area (Å²) in [7, 11) is -4.61. The molecule has 2 rings (SSSR count). The van der Waals surface area contributed by atoms with Crippen molar-refractivity contribution in [3.63, 3.8) is 0 Å². The highest BCUT2D eigenvalue weighted by molar-refractivity contribution is 7.51. The number of aromatic hydroxyl groups is 2. The minimum Gasteiger partial charge on any atom is -0.508 e. The molecule has 2 aromatic rings. The predicted molar refractivity (Wildman–Crippen MR) is 125 cm³/mol. The first-order chi connectivity index (χ1) is 16.4. The Morgan fingerprint density at radius 3 is 1.97 bits per heavy atom. The van der Waals surface area contributed by atoms with Gasteiger partial charge in [-0.1, -0.05) is 18.2 Å². The lowest BCUT2D eigenvalue weighted by Gasteiger charge is -2.35. The first kappa shape index (κ1) is 29.1. The third kappa shape index (κ3) is 9.47. The zero-order valence-corrected chi connectivity index (χ0v) is 19.9. The SMILES string of the molecule is O=P(O)(O)CN(Cc1cc(CO)ccc1O)C(CO)CN(Cc1ccc(CO)cc1O)CC(O)O. The molecule has 0 spiro atoms. The van der Waals surface area contributed by atoms with E-state index >= 15 is 0 Å². The fraction of sp³-hybridized carbons (Fsp3) is 0.455. The zero-order chi connectivity index (χ0) is 26.2. The van der Waals surface area contributed by atoms with Crippen molar-refractivity contribution in [2.24, 2.45) is 0 Å². The maximum Gasteiger partial charge on any atom is 0.339 e. The van der Waals surface area contributed by atoms with Crippen molar-refractivity contribution in [3.05, 3.63) is 58.7 Å². The van der Waals surface area contributed by atoms with Crippen LogP contribution in [-0.2, 0) is 30.9 Å². The van der Waals surface area contributed by atoms with E-state index < -0.39 is 32.8 Å². The standard InChI is InChI=1S/C22H33N2O10P/c25-11-15-2-4-20(28)18(5-15)8-24(14-35(32,33)34)19(13-27)9-23(10-22(30)31)7-17-3-1-16(12-26)6-21(17)29/h1-6,19,22,25-31H,7-14H2,(H2,32,33,34). The fourth-order valence-corrected chi connectivity index (χ4v) is 4.52. The highest BCUT2D eigenvalue weighted by atomic mass is 31.2. The average molecular weight is 516 g/mol. The lowest BCUT2D eigenvalue weighted by Crippen LogP contribution is -2.47. The number of hydrogen-bond acceptors (Lipinski definition) is 10. The molecule has 0 aliphatic carbocycles. The Labute approximate surface area is 202 Å². The van der Waals surface area contributed by atoms with Crippen LogP contribution in [-0.4, -0.2) is 93.6 Å². The van der Waals surface area contributed by atoms with Crippen LogP contribution in [0.15, 0.2) is 36.4 Å². The van der Waals surface area contributed by atoms with E-state index in [4.69, 9.17) is 0 Å². The summed E-state index contributed by atoms with van der Waals surface area (Å²) in [5, 5.41) is 68.3. The normalized spacial score (nSPS) is 13.2. The van der Waals surface area contributed by atoms with Crippen molar-refractivity contribution >= 4 is 7.60 Å². The van der Waals surface area contributed by atoms with Gasteiger partial charge >= 0.3 is 7.60 Å². The van der Waals surface area contributed by atoms with Gasteiger partial charge in [0.05, 0.1) is 19.8 Å². The van der Waals surface area contributed by atoms with Crippen molar-refractivity contribution in [1.29, 1.82) is 0 Å². The number of aliphatic hydroxyl groups excluding tert-OH is 4. The summed E-state index contributed by atoms with van der Waals surface area (Å²) in [6, 6.07) is 7.90. The van der Waals surface area contributed by atoms with Gasteiger partial charge in [-0.05, 0) is 29.3 Å². The smallest absolute Gasteiger partial charge is 0.339 e. The fourth-order valence-electron chi connectivity index (χ4n) is 3.72. The first-order valence-corrected chi connectivity index (χ1v) is 12.6. The summed E-state index contributed by atoms with van der Waals surface area (Å²) < 4.78 is 11.8. The maximum atomic E-state index is 11.8. The van der Waals surface area contributed by atoms with Gasteiger partial charge in [0.2, 0.25) is 0 Å². The summed E-state index contributed by atoms with van der Waals surface area (Å²) in [6.45, 7) is -1.71. The number of phenols is 2. The Balaban J connectivity index is 2.32. The van der Waals surface area contributed by atoms with Crippen LogP contribution in [0.4, 0.5) is 0 Å². The second-order valence-electron chi connectivity index (χ2n) is 8.31. The Bertz CT molecular complexity index is 1000. The summed E-state index contributed by atoms with van der Waals surface area (Å²) >= 11 is 0. The van der Waals surface area contributed by atoms with E-state index in [9.17, 15) is 50.1 Å². The number of hydrogen-bond donors (Lipinski definition) is 9. The molecule has 9 N–H and O–H groups in total. The summed E-state index contributed by atoms with van der Waals surface area (Å²) in [6.07, 6.45) is -2.53. The monoisotopic (exact) mass is 516 g/mol. The maximum absolute atomic E-state index is 11.8. The molecule has 12 nitrogen and oxygen atoms in total. The van der Waals surface area contributed by atoms with E-state index in [1.807, 2.05) is 0 Å². The van der Waals surface area contributed by atoms with Gasteiger partial charge in [0.1, 0.15) is 17.8 Å². The Kier molecular flexibility index (Phi) is 11.1. The highest BCUT2D eigenvalue weighted by Crippen LogP contribution is 2.37. The lowest BCUT2D eigenvalue weighted by molar-refractivity contribution is -0.0675. The number of benzene rings is 2. The van der Waals surface area contributed by atoms with Crippen LogP contribution in [0.5, 0.6) is 11.5 Å². The van der Waals surface area contributed by atoms with Crippen LogP contribution in [0.3, 0.4) is 0 Å². The van der Waals surface area contributed by atoms with Crippen LogP contribution in [0.1, 0.15) is 22.3 Å². The van der Waals surface area contributed by atoms with E-state index in [2.05, 4.69) is 0 Å². The molecular weight excluding hydrogens is 483 g/mol. The molecule has 0 saturated heterocycles. The molecule has 13 heteroatoms. The molecule has 0 bridgehead atoms. The van der Waals surface area contributed by atoms with Gasteiger partial charge in [0.25, 0.3) is 0 Å². The Morgan fingerprint density at radius 1 is 0.800 bits per heavy atom. The molecule has 196 valence electrons. The summed E-state index contributed by atoms with van der Waals surface area (Å²) in [4.78, 5) is 22.0. The summed E-state index contributed by atoms with van der Waals surface area (Å²) in [5.74, 6) is -0.293. The minimum absolute atomic E-state index is 0.000655. The number of aliphatic hydroxyl groups is 5. The van der Waals surface area contributed by atoms with E-state index in [1.165, 1.54) is 34.1 Å². The Morgan fingerprint density at radius 2 is 1.43 bits per heavy atom. The van der Waals surface area contributed by atoms with Gasteiger partial charge in [-0.3, -0.25) is 14.4 Å². The molecule has 1 unspecified atom stereocenters. The van der Waals surface area contributed by atoms with E-state index in [-0.39, 0.29) is 56.5 Å². The van der Waals surface area contributed by atoms with Crippen molar-refractivity contribution in [3.8, 4) is 11.5 Å². The van der Waals surface area contributed by atoms with Gasteiger partial charge in [-0.25, -0.2) is 0 Å². The van der Waals surface area contributed by atoms with E-state index in [0.717, 1.165) is 0 Å². The van der Waals surface area contributed by atoms with Crippen molar-refractivity contribution in [2.75, 3.05) is 26.0 Å². The molecule has 0 saturated carbocycles. The quantitative estimate of drug-likeness (QED) is 0.112. The largest absolute Gasteiger partial charge is 0.508 e. The van der Waals surface area contributed by atoms with Crippen LogP contribution in [0, 0.1) is 0 Å². The van der Waals surface area contributed by atoms with Gasteiger partial charge < -0.3 is 45.5 Å². The highest BCUT2D eigenvalue weighted by Gasteiger charge is 2.29. The second-order valence-corrected chi connectivity index (χ2v) is 9.92. The number of nitrogens with zero attached hydrogens (tertiary/aromatic N) is 2. The lowest BCUT2D eigenvalue weighted by atomic mass is 10.1. The molecule has 0 aliphatic heterocycles. The van der Waals surface area contributed by atoms with Gasteiger partial charge in [0.15, 0.2) is 6.29 Å². The molecule has 0 heterocycles. The molecule has 1 atom stereocenters. The van der Waals surface area contributed by atoms with Crippen LogP contribution in [0.2, 0.25) is 0 Å². The number of phenolic OH excluding ortho intramolecular Hbond substituents is 2. The zero-order valence-electron chi connectivity index (χ0n) is 19.1. The minimum atomic E-state index is -4.61. The molecule has 0 aliphatic rings. The van der Waals surface area contributed by atoms with E-state index in [0.29, 0.717) is 16.7 Å². The predicted octanol–water partition coefficient (Wildman–Crippen LogP) is -0.807. The van der Waals surface area contributed by atoms with Crippen molar-refractivity contribution in [2.45, 2.75) is 38.6 Å². The van der Waals surface area contributed by atoms with Crippen molar-refractivity contribution in [1.82, 2.24) is 9.80 Å². The first-order valence-electron chi connectivity index (χ1n) is 10.8. The average Bonchev–Trinajstić information content (AvgIpc) is 2.78. The summed E-state index contributed by atoms with van der Waals surface area (Å²) in [5.41, 5.74) is 1.62. The molecule has 0 aromatic heterocycles. The van der Waals surface area contributed by atoms with Gasteiger partial charge in [-0.15, -0.1) is 0 Å². The van der Waals surface area contributed by atoms with Gasteiger partial charge in [-0.2, -0.15) is 0 Å². The topological polar surface area (TPSA) is 206 Å². The molecule has 35 heavy (non-hydrogen) atoms. The third-order valence-corrected chi connectivity index (χ3v) is 6.14. The molecular formula is C22H33N2O10P. The molecule has 0 radical (unpaired) electrons. The van der Waals surface area contributed by atoms with Crippen LogP contribution in [0.25, 0.3) is 0 Å². The molecule has 0 amide bonds. The van der Waals surface area contributed by atoms with Crippen molar-refractivity contribution < 1.29 is 50.1 Å². The van der Waals surface area contributed by atoms with Crippen LogP contribution < -0.4 is 0 Å². The van der Waals surface area contributed by atoms with Gasteiger partial charge in [0, 0.05) is 43.3 Å². The third-order valence-electron chi connectivity index (χ3n) is 5.41. The Hall–Kier alpha value is -2.09.